The summed E-state index contributed by atoms with van der Waals surface area (Å²) in [6.45, 7) is 0. The normalized spacial score (nSPS) is 22.4. The number of allylic oxidation sites excluding steroid dienone is 4. The number of hydrogen-bond acceptors (Lipinski definition) is 2. The van der Waals surface area contributed by atoms with Gasteiger partial charge in [0.1, 0.15) is 0 Å². The molecule has 0 aliphatic carbocycles. The Morgan fingerprint density at radius 3 is 1.30 bits per heavy atom. The van der Waals surface area contributed by atoms with E-state index in [0.717, 1.165) is 0 Å². The molecule has 0 nitrogen and oxygen atoms in total. The SMILES string of the molecule is C1=CCCSCCSCCC=CCCCCCCCC1. The fraction of sp³-hybridized carbons (Fsp3) is 0.778. The van der Waals surface area contributed by atoms with Crippen molar-refractivity contribution in [3.63, 3.8) is 0 Å². The van der Waals surface area contributed by atoms with Gasteiger partial charge < -0.3 is 0 Å². The standard InChI is InChI=1S/C18H32S2/c1-2-4-6-8-10-12-14-16-20-18-17-19-15-13-11-9-7-5-3-1/h9-12H,1-8,13-18H2. The van der Waals surface area contributed by atoms with Crippen LogP contribution in [0.1, 0.15) is 64.2 Å². The lowest BCUT2D eigenvalue weighted by molar-refractivity contribution is 0.599. The van der Waals surface area contributed by atoms with Gasteiger partial charge in [0, 0.05) is 11.5 Å². The summed E-state index contributed by atoms with van der Waals surface area (Å²) in [4.78, 5) is 0. The molecular weight excluding hydrogens is 280 g/mol. The lowest BCUT2D eigenvalue weighted by Crippen LogP contribution is -1.88. The number of hydrogen-bond donors (Lipinski definition) is 0. The smallest absolute Gasteiger partial charge is 0.00237 e. The summed E-state index contributed by atoms with van der Waals surface area (Å²) in [5, 5.41) is 0. The van der Waals surface area contributed by atoms with Crippen LogP contribution in [0.15, 0.2) is 24.3 Å². The second kappa shape index (κ2) is 15.6. The van der Waals surface area contributed by atoms with E-state index in [1.54, 1.807) is 0 Å². The fourth-order valence-electron chi connectivity index (χ4n) is 2.33. The van der Waals surface area contributed by atoms with Crippen molar-refractivity contribution in [1.82, 2.24) is 0 Å². The van der Waals surface area contributed by atoms with Crippen LogP contribution in [0.4, 0.5) is 0 Å². The first-order valence-electron chi connectivity index (χ1n) is 8.45. The van der Waals surface area contributed by atoms with E-state index in [9.17, 15) is 0 Å². The molecule has 0 saturated carbocycles. The Bertz CT molecular complexity index is 196. The Morgan fingerprint density at radius 2 is 0.800 bits per heavy atom. The maximum atomic E-state index is 2.40. The van der Waals surface area contributed by atoms with Gasteiger partial charge in [0.2, 0.25) is 0 Å². The van der Waals surface area contributed by atoms with E-state index in [2.05, 4.69) is 47.8 Å². The van der Waals surface area contributed by atoms with Crippen molar-refractivity contribution in [3.8, 4) is 0 Å². The minimum absolute atomic E-state index is 1.26. The molecule has 0 saturated heterocycles. The molecule has 0 spiro atoms. The van der Waals surface area contributed by atoms with E-state index < -0.39 is 0 Å². The van der Waals surface area contributed by atoms with Crippen molar-refractivity contribution in [1.29, 1.82) is 0 Å². The predicted octanol–water partition coefficient (Wildman–Crippen LogP) is 6.48. The van der Waals surface area contributed by atoms with E-state index in [1.165, 1.54) is 87.2 Å². The highest BCUT2D eigenvalue weighted by Gasteiger charge is 1.92. The van der Waals surface area contributed by atoms with Crippen molar-refractivity contribution < 1.29 is 0 Å². The average Bonchev–Trinajstić information content (AvgIpc) is 2.46. The molecule has 1 rings (SSSR count). The Balaban J connectivity index is 2.11. The Labute approximate surface area is 135 Å². The molecule has 0 aromatic rings. The van der Waals surface area contributed by atoms with Crippen molar-refractivity contribution in [2.45, 2.75) is 64.2 Å². The molecule has 1 heterocycles. The maximum Gasteiger partial charge on any atom is 0.00237 e. The zero-order valence-electron chi connectivity index (χ0n) is 13.0. The van der Waals surface area contributed by atoms with Gasteiger partial charge in [-0.2, -0.15) is 23.5 Å². The van der Waals surface area contributed by atoms with Crippen LogP contribution in [-0.4, -0.2) is 23.0 Å². The third-order valence-electron chi connectivity index (χ3n) is 3.55. The summed E-state index contributed by atoms with van der Waals surface area (Å²) in [7, 11) is 0. The Kier molecular flexibility index (Phi) is 14.2. The third kappa shape index (κ3) is 13.2. The molecule has 0 aromatic carbocycles. The highest BCUT2D eigenvalue weighted by atomic mass is 32.2. The lowest BCUT2D eigenvalue weighted by Gasteiger charge is -2.01. The zero-order valence-corrected chi connectivity index (χ0v) is 14.7. The number of thioether (sulfide) groups is 2. The van der Waals surface area contributed by atoms with Gasteiger partial charge in [-0.05, 0) is 50.0 Å². The molecule has 1 aliphatic heterocycles. The molecule has 0 atom stereocenters. The summed E-state index contributed by atoms with van der Waals surface area (Å²) < 4.78 is 0. The van der Waals surface area contributed by atoms with Crippen LogP contribution in [-0.2, 0) is 0 Å². The van der Waals surface area contributed by atoms with Gasteiger partial charge in [0.15, 0.2) is 0 Å². The van der Waals surface area contributed by atoms with Crippen molar-refractivity contribution >= 4 is 23.5 Å². The molecule has 2 heteroatoms. The molecule has 0 bridgehead atoms. The zero-order chi connectivity index (χ0) is 14.1. The molecule has 0 aromatic heterocycles. The Morgan fingerprint density at radius 1 is 0.400 bits per heavy atom. The van der Waals surface area contributed by atoms with Crippen molar-refractivity contribution in [2.24, 2.45) is 0 Å². The van der Waals surface area contributed by atoms with Crippen molar-refractivity contribution in [2.75, 3.05) is 23.0 Å². The first-order chi connectivity index (χ1) is 10.0. The minimum Gasteiger partial charge on any atom is -0.161 e. The first kappa shape index (κ1) is 18.2. The lowest BCUT2D eigenvalue weighted by atomic mass is 10.1. The predicted molar refractivity (Wildman–Crippen MR) is 99.1 cm³/mol. The van der Waals surface area contributed by atoms with E-state index in [4.69, 9.17) is 0 Å². The van der Waals surface area contributed by atoms with Crippen LogP contribution in [0.2, 0.25) is 0 Å². The maximum absolute atomic E-state index is 2.40. The Hall–Kier alpha value is 0.180. The average molecular weight is 313 g/mol. The van der Waals surface area contributed by atoms with E-state index >= 15 is 0 Å². The van der Waals surface area contributed by atoms with E-state index in [-0.39, 0.29) is 0 Å². The molecular formula is C18H32S2. The van der Waals surface area contributed by atoms with Gasteiger partial charge in [0.05, 0.1) is 0 Å². The quantitative estimate of drug-likeness (QED) is 0.469. The van der Waals surface area contributed by atoms with Crippen LogP contribution in [0.5, 0.6) is 0 Å². The highest BCUT2D eigenvalue weighted by Crippen LogP contribution is 2.12. The molecule has 20 heavy (non-hydrogen) atoms. The summed E-state index contributed by atoms with van der Waals surface area (Å²) in [6.07, 6.45) is 23.2. The van der Waals surface area contributed by atoms with E-state index in [0.29, 0.717) is 0 Å². The second-order valence-electron chi connectivity index (χ2n) is 5.44. The fourth-order valence-corrected chi connectivity index (χ4v) is 4.28. The van der Waals surface area contributed by atoms with Gasteiger partial charge in [-0.25, -0.2) is 0 Å². The molecule has 0 N–H and O–H groups in total. The van der Waals surface area contributed by atoms with Crippen LogP contribution < -0.4 is 0 Å². The minimum atomic E-state index is 1.26. The largest absolute Gasteiger partial charge is 0.161 e. The van der Waals surface area contributed by atoms with Crippen LogP contribution >= 0.6 is 23.5 Å². The summed E-state index contributed by atoms with van der Waals surface area (Å²) in [6, 6.07) is 0. The monoisotopic (exact) mass is 312 g/mol. The molecule has 0 amide bonds. The summed E-state index contributed by atoms with van der Waals surface area (Å²) in [5.74, 6) is 5.25. The van der Waals surface area contributed by atoms with Crippen LogP contribution in [0.3, 0.4) is 0 Å². The molecule has 116 valence electrons. The number of rotatable bonds is 0. The topological polar surface area (TPSA) is 0 Å². The molecule has 0 fully saturated rings. The third-order valence-corrected chi connectivity index (χ3v) is 5.85. The van der Waals surface area contributed by atoms with Crippen molar-refractivity contribution in [3.05, 3.63) is 24.3 Å². The molecule has 0 radical (unpaired) electrons. The summed E-state index contributed by atoms with van der Waals surface area (Å²) in [5.41, 5.74) is 0. The molecule has 0 unspecified atom stereocenters. The molecule has 1 aliphatic rings. The first-order valence-corrected chi connectivity index (χ1v) is 10.8. The van der Waals surface area contributed by atoms with Crippen LogP contribution in [0.25, 0.3) is 0 Å². The second-order valence-corrected chi connectivity index (χ2v) is 7.89. The highest BCUT2D eigenvalue weighted by molar-refractivity contribution is 8.02. The van der Waals surface area contributed by atoms with Gasteiger partial charge in [-0.15, -0.1) is 0 Å². The van der Waals surface area contributed by atoms with Gasteiger partial charge in [-0.1, -0.05) is 50.0 Å². The van der Waals surface area contributed by atoms with Gasteiger partial charge in [0.25, 0.3) is 0 Å². The summed E-state index contributed by atoms with van der Waals surface area (Å²) >= 11 is 4.23. The van der Waals surface area contributed by atoms with Crippen LogP contribution in [0, 0.1) is 0 Å². The van der Waals surface area contributed by atoms with Gasteiger partial charge >= 0.3 is 0 Å². The van der Waals surface area contributed by atoms with Gasteiger partial charge in [-0.3, -0.25) is 0 Å². The van der Waals surface area contributed by atoms with E-state index in [1.807, 2.05) is 0 Å².